The molecule has 0 bridgehead atoms. The zero-order valence-corrected chi connectivity index (χ0v) is 11.9. The summed E-state index contributed by atoms with van der Waals surface area (Å²) in [5.74, 6) is 0. The molecule has 106 valence electrons. The lowest BCUT2D eigenvalue weighted by molar-refractivity contribution is 0.126. The maximum Gasteiger partial charge on any atom is 0.0992 e. The summed E-state index contributed by atoms with van der Waals surface area (Å²) >= 11 is 6.33. The Labute approximate surface area is 123 Å². The van der Waals surface area contributed by atoms with E-state index in [1.165, 1.54) is 0 Å². The van der Waals surface area contributed by atoms with Crippen LogP contribution in [0.2, 0.25) is 5.02 Å². The number of imidazole rings is 1. The van der Waals surface area contributed by atoms with Crippen LogP contribution in [0.25, 0.3) is 5.69 Å². The number of para-hydroxylation sites is 1. The Balaban J connectivity index is 1.85. The van der Waals surface area contributed by atoms with E-state index in [0.717, 1.165) is 37.1 Å². The summed E-state index contributed by atoms with van der Waals surface area (Å²) in [5.41, 5.74) is 1.94. The zero-order valence-electron chi connectivity index (χ0n) is 11.2. The number of rotatable bonds is 3. The predicted molar refractivity (Wildman–Crippen MR) is 80.5 cm³/mol. The van der Waals surface area contributed by atoms with Crippen LogP contribution in [0.15, 0.2) is 36.9 Å². The number of aliphatic hydroxyl groups excluding tert-OH is 1. The molecule has 0 aliphatic heterocycles. The molecule has 0 amide bonds. The summed E-state index contributed by atoms with van der Waals surface area (Å²) in [7, 11) is 0. The lowest BCUT2D eigenvalue weighted by Gasteiger charge is -2.28. The first kappa shape index (κ1) is 13.5. The van der Waals surface area contributed by atoms with Crippen molar-refractivity contribution in [1.29, 1.82) is 0 Å². The van der Waals surface area contributed by atoms with E-state index in [-0.39, 0.29) is 6.10 Å². The van der Waals surface area contributed by atoms with Crippen LogP contribution in [-0.2, 0) is 0 Å². The molecule has 0 unspecified atom stereocenters. The Morgan fingerprint density at radius 2 is 2.05 bits per heavy atom. The molecule has 1 aliphatic rings. The summed E-state index contributed by atoms with van der Waals surface area (Å²) < 4.78 is 1.92. The van der Waals surface area contributed by atoms with E-state index in [2.05, 4.69) is 10.3 Å². The van der Waals surface area contributed by atoms with Crippen molar-refractivity contribution >= 4 is 17.3 Å². The molecule has 20 heavy (non-hydrogen) atoms. The Morgan fingerprint density at radius 3 is 2.75 bits per heavy atom. The van der Waals surface area contributed by atoms with Gasteiger partial charge in [-0.25, -0.2) is 4.98 Å². The van der Waals surface area contributed by atoms with E-state index < -0.39 is 0 Å². The van der Waals surface area contributed by atoms with Gasteiger partial charge in [-0.15, -0.1) is 0 Å². The second-order valence-corrected chi connectivity index (χ2v) is 5.66. The molecule has 1 aliphatic carbocycles. The lowest BCUT2D eigenvalue weighted by Crippen LogP contribution is -2.28. The van der Waals surface area contributed by atoms with Crippen LogP contribution < -0.4 is 5.32 Å². The topological polar surface area (TPSA) is 50.1 Å². The monoisotopic (exact) mass is 291 g/mol. The summed E-state index contributed by atoms with van der Waals surface area (Å²) in [6.45, 7) is 0. The van der Waals surface area contributed by atoms with Gasteiger partial charge in [0.05, 0.1) is 28.8 Å². The van der Waals surface area contributed by atoms with Gasteiger partial charge in [-0.3, -0.25) is 0 Å². The minimum absolute atomic E-state index is 0.138. The van der Waals surface area contributed by atoms with Crippen LogP contribution in [0.1, 0.15) is 25.7 Å². The highest BCUT2D eigenvalue weighted by Gasteiger charge is 2.20. The molecule has 1 fully saturated rings. The number of benzene rings is 1. The number of hydrogen-bond acceptors (Lipinski definition) is 3. The quantitative estimate of drug-likeness (QED) is 0.913. The molecule has 1 saturated carbocycles. The van der Waals surface area contributed by atoms with E-state index in [4.69, 9.17) is 11.6 Å². The average molecular weight is 292 g/mol. The first-order chi connectivity index (χ1) is 9.74. The number of nitrogens with zero attached hydrogens (tertiary/aromatic N) is 2. The highest BCUT2D eigenvalue weighted by atomic mass is 35.5. The Hall–Kier alpha value is -1.52. The molecule has 0 saturated heterocycles. The normalized spacial score (nSPS) is 22.7. The molecule has 1 heterocycles. The molecule has 0 atom stereocenters. The van der Waals surface area contributed by atoms with E-state index in [9.17, 15) is 5.11 Å². The smallest absolute Gasteiger partial charge is 0.0992 e. The zero-order chi connectivity index (χ0) is 13.9. The molecule has 4 nitrogen and oxygen atoms in total. The van der Waals surface area contributed by atoms with Crippen molar-refractivity contribution in [2.75, 3.05) is 5.32 Å². The van der Waals surface area contributed by atoms with E-state index in [1.807, 2.05) is 29.0 Å². The number of halogens is 1. The standard InChI is InChI=1S/C15H18ClN3O/c16-13-2-1-3-14(15(13)19-9-8-17-10-19)18-11-4-6-12(20)7-5-11/h1-3,8-12,18,20H,4-7H2. The first-order valence-electron chi connectivity index (χ1n) is 6.95. The Morgan fingerprint density at radius 1 is 1.25 bits per heavy atom. The molecule has 3 rings (SSSR count). The van der Waals surface area contributed by atoms with Gasteiger partial charge in [-0.2, -0.15) is 0 Å². The fourth-order valence-corrected chi connectivity index (χ4v) is 3.00. The van der Waals surface area contributed by atoms with Gasteiger partial charge in [0.1, 0.15) is 0 Å². The molecule has 1 aromatic heterocycles. The van der Waals surface area contributed by atoms with E-state index in [0.29, 0.717) is 11.1 Å². The number of aromatic nitrogens is 2. The molecule has 0 radical (unpaired) electrons. The minimum atomic E-state index is -0.138. The third-order valence-corrected chi connectivity index (χ3v) is 4.11. The SMILES string of the molecule is OC1CCC(Nc2cccc(Cl)c2-n2ccnc2)CC1. The van der Waals surface area contributed by atoms with Crippen molar-refractivity contribution in [2.24, 2.45) is 0 Å². The lowest BCUT2D eigenvalue weighted by atomic mass is 9.93. The largest absolute Gasteiger partial charge is 0.393 e. The average Bonchev–Trinajstić information content (AvgIpc) is 2.95. The van der Waals surface area contributed by atoms with Gasteiger partial charge in [0, 0.05) is 18.4 Å². The molecular weight excluding hydrogens is 274 g/mol. The second-order valence-electron chi connectivity index (χ2n) is 5.26. The Kier molecular flexibility index (Phi) is 3.94. The number of nitrogens with one attached hydrogen (secondary N) is 1. The van der Waals surface area contributed by atoms with Gasteiger partial charge in [0.25, 0.3) is 0 Å². The van der Waals surface area contributed by atoms with Gasteiger partial charge in [-0.1, -0.05) is 17.7 Å². The molecular formula is C15H18ClN3O. The Bertz CT molecular complexity index is 563. The van der Waals surface area contributed by atoms with Crippen molar-refractivity contribution in [3.05, 3.63) is 41.9 Å². The first-order valence-corrected chi connectivity index (χ1v) is 7.33. The van der Waals surface area contributed by atoms with Gasteiger partial charge in [0.2, 0.25) is 0 Å². The fraction of sp³-hybridized carbons (Fsp3) is 0.400. The van der Waals surface area contributed by atoms with Crippen molar-refractivity contribution < 1.29 is 5.11 Å². The summed E-state index contributed by atoms with van der Waals surface area (Å²) in [5, 5.41) is 13.8. The summed E-state index contributed by atoms with van der Waals surface area (Å²) in [6.07, 6.45) is 8.92. The number of aliphatic hydroxyl groups is 1. The van der Waals surface area contributed by atoms with Gasteiger partial charge in [-0.05, 0) is 37.8 Å². The number of hydrogen-bond donors (Lipinski definition) is 2. The third kappa shape index (κ3) is 2.81. The molecule has 5 heteroatoms. The maximum absolute atomic E-state index is 9.58. The molecule has 2 N–H and O–H groups in total. The van der Waals surface area contributed by atoms with E-state index >= 15 is 0 Å². The van der Waals surface area contributed by atoms with Crippen LogP contribution in [0, 0.1) is 0 Å². The highest BCUT2D eigenvalue weighted by molar-refractivity contribution is 6.33. The van der Waals surface area contributed by atoms with E-state index in [1.54, 1.807) is 12.5 Å². The van der Waals surface area contributed by atoms with Crippen molar-refractivity contribution in [2.45, 2.75) is 37.8 Å². The van der Waals surface area contributed by atoms with Gasteiger partial charge >= 0.3 is 0 Å². The second kappa shape index (κ2) is 5.85. The van der Waals surface area contributed by atoms with Crippen LogP contribution in [0.3, 0.4) is 0 Å². The highest BCUT2D eigenvalue weighted by Crippen LogP contribution is 2.31. The molecule has 1 aromatic carbocycles. The molecule has 2 aromatic rings. The van der Waals surface area contributed by atoms with Crippen molar-refractivity contribution in [1.82, 2.24) is 9.55 Å². The minimum Gasteiger partial charge on any atom is -0.393 e. The fourth-order valence-electron chi connectivity index (χ4n) is 2.73. The van der Waals surface area contributed by atoms with Gasteiger partial charge in [0.15, 0.2) is 0 Å². The summed E-state index contributed by atoms with van der Waals surface area (Å²) in [6, 6.07) is 6.25. The van der Waals surface area contributed by atoms with Crippen molar-refractivity contribution in [3.63, 3.8) is 0 Å². The van der Waals surface area contributed by atoms with Crippen molar-refractivity contribution in [3.8, 4) is 5.69 Å². The van der Waals surface area contributed by atoms with Crippen LogP contribution in [0.5, 0.6) is 0 Å². The molecule has 0 spiro atoms. The summed E-state index contributed by atoms with van der Waals surface area (Å²) in [4.78, 5) is 4.08. The third-order valence-electron chi connectivity index (χ3n) is 3.81. The van der Waals surface area contributed by atoms with Crippen LogP contribution >= 0.6 is 11.6 Å². The van der Waals surface area contributed by atoms with Crippen LogP contribution in [-0.4, -0.2) is 26.8 Å². The van der Waals surface area contributed by atoms with Gasteiger partial charge < -0.3 is 15.0 Å². The maximum atomic E-state index is 9.58. The van der Waals surface area contributed by atoms with Crippen LogP contribution in [0.4, 0.5) is 5.69 Å². The number of anilines is 1. The predicted octanol–water partition coefficient (Wildman–Crippen LogP) is 3.24.